The van der Waals surface area contributed by atoms with Crippen LogP contribution in [0.25, 0.3) is 0 Å². The minimum Gasteiger partial charge on any atom is -0.427 e. The summed E-state index contributed by atoms with van der Waals surface area (Å²) in [5.74, 6) is 1.27. The molecule has 0 aliphatic heterocycles. The molecule has 0 unspecified atom stereocenters. The van der Waals surface area contributed by atoms with Crippen LogP contribution in [0.3, 0.4) is 0 Å². The van der Waals surface area contributed by atoms with E-state index in [9.17, 15) is 4.79 Å². The standard InChI is InChI=1S/C15H22O2.Na/c1-13(2)9-5-3-8-12-15(16)17-14-10-6-4-7-11-14;/h4,6-7,10-11,13H,3,5,8-9,12H2,1-2H3;. The summed E-state index contributed by atoms with van der Waals surface area (Å²) < 4.78 is 5.20. The van der Waals surface area contributed by atoms with Gasteiger partial charge in [-0.25, -0.2) is 0 Å². The molecule has 0 saturated carbocycles. The van der Waals surface area contributed by atoms with Crippen LogP contribution in [-0.2, 0) is 4.79 Å². The Morgan fingerprint density at radius 2 is 1.78 bits per heavy atom. The molecule has 0 bridgehead atoms. The number of hydrogen-bond donors (Lipinski definition) is 0. The Morgan fingerprint density at radius 3 is 2.39 bits per heavy atom. The summed E-state index contributed by atoms with van der Waals surface area (Å²) in [6.07, 6.45) is 5.01. The van der Waals surface area contributed by atoms with Gasteiger partial charge in [0.15, 0.2) is 0 Å². The molecule has 0 saturated heterocycles. The van der Waals surface area contributed by atoms with Gasteiger partial charge in [0.25, 0.3) is 0 Å². The van der Waals surface area contributed by atoms with Crippen molar-refractivity contribution in [1.82, 2.24) is 0 Å². The molecule has 18 heavy (non-hydrogen) atoms. The quantitative estimate of drug-likeness (QED) is 0.321. The van der Waals surface area contributed by atoms with Crippen molar-refractivity contribution in [2.75, 3.05) is 0 Å². The number of ether oxygens (including phenoxy) is 1. The monoisotopic (exact) mass is 257 g/mol. The van der Waals surface area contributed by atoms with Gasteiger partial charge >= 0.3 is 5.97 Å². The minimum atomic E-state index is -0.124. The molecule has 0 spiro atoms. The normalized spacial score (nSPS) is 9.94. The summed E-state index contributed by atoms with van der Waals surface area (Å²) in [6.45, 7) is 4.45. The molecule has 2 nitrogen and oxygen atoms in total. The Balaban J connectivity index is 0.00000289. The molecule has 95 valence electrons. The van der Waals surface area contributed by atoms with Crippen molar-refractivity contribution in [1.29, 1.82) is 0 Å². The third kappa shape index (κ3) is 8.73. The molecular formula is C15H22NaO2. The zero-order chi connectivity index (χ0) is 12.5. The third-order valence-electron chi connectivity index (χ3n) is 2.64. The fraction of sp³-hybridized carbons (Fsp3) is 0.533. The summed E-state index contributed by atoms with van der Waals surface area (Å²) in [4.78, 5) is 11.5. The van der Waals surface area contributed by atoms with E-state index in [1.807, 2.05) is 18.2 Å². The first kappa shape index (κ1) is 17.7. The molecule has 0 N–H and O–H groups in total. The van der Waals surface area contributed by atoms with Gasteiger partial charge in [0, 0.05) is 36.0 Å². The van der Waals surface area contributed by atoms with E-state index in [-0.39, 0.29) is 35.5 Å². The molecule has 0 aliphatic carbocycles. The summed E-state index contributed by atoms with van der Waals surface area (Å²) in [5.41, 5.74) is 0. The second-order valence-corrected chi connectivity index (χ2v) is 4.78. The molecule has 0 amide bonds. The van der Waals surface area contributed by atoms with Gasteiger partial charge in [0.1, 0.15) is 5.75 Å². The fourth-order valence-corrected chi connectivity index (χ4v) is 1.67. The molecule has 1 radical (unpaired) electrons. The van der Waals surface area contributed by atoms with Crippen LogP contribution in [0.5, 0.6) is 5.75 Å². The van der Waals surface area contributed by atoms with E-state index in [0.29, 0.717) is 12.2 Å². The van der Waals surface area contributed by atoms with E-state index in [1.54, 1.807) is 12.1 Å². The zero-order valence-corrected chi connectivity index (χ0v) is 13.8. The van der Waals surface area contributed by atoms with Crippen LogP contribution in [0, 0.1) is 5.92 Å². The van der Waals surface area contributed by atoms with Crippen LogP contribution in [0.15, 0.2) is 30.3 Å². The molecule has 0 atom stereocenters. The van der Waals surface area contributed by atoms with Gasteiger partial charge in [-0.3, -0.25) is 4.79 Å². The largest absolute Gasteiger partial charge is 0.427 e. The van der Waals surface area contributed by atoms with Gasteiger partial charge in [-0.05, 0) is 24.5 Å². The van der Waals surface area contributed by atoms with Crippen LogP contribution in [0.4, 0.5) is 0 Å². The topological polar surface area (TPSA) is 26.3 Å². The van der Waals surface area contributed by atoms with Crippen LogP contribution in [0.1, 0.15) is 46.0 Å². The average Bonchev–Trinajstić information content (AvgIpc) is 2.29. The first-order chi connectivity index (χ1) is 8.18. The summed E-state index contributed by atoms with van der Waals surface area (Å²) in [5, 5.41) is 0. The van der Waals surface area contributed by atoms with Crippen molar-refractivity contribution in [3.63, 3.8) is 0 Å². The van der Waals surface area contributed by atoms with Crippen molar-refractivity contribution in [2.45, 2.75) is 46.0 Å². The number of esters is 1. The van der Waals surface area contributed by atoms with E-state index in [4.69, 9.17) is 4.74 Å². The van der Waals surface area contributed by atoms with Gasteiger partial charge in [-0.2, -0.15) is 0 Å². The Morgan fingerprint density at radius 1 is 1.11 bits per heavy atom. The van der Waals surface area contributed by atoms with Gasteiger partial charge in [0.05, 0.1) is 0 Å². The second-order valence-electron chi connectivity index (χ2n) is 4.78. The average molecular weight is 257 g/mol. The molecule has 1 rings (SSSR count). The van der Waals surface area contributed by atoms with Gasteiger partial charge in [-0.15, -0.1) is 0 Å². The van der Waals surface area contributed by atoms with E-state index >= 15 is 0 Å². The van der Waals surface area contributed by atoms with Gasteiger partial charge in [0.2, 0.25) is 0 Å². The van der Waals surface area contributed by atoms with Crippen LogP contribution >= 0.6 is 0 Å². The van der Waals surface area contributed by atoms with E-state index < -0.39 is 0 Å². The van der Waals surface area contributed by atoms with Crippen molar-refractivity contribution in [3.05, 3.63) is 30.3 Å². The molecule has 0 fully saturated rings. The van der Waals surface area contributed by atoms with Crippen molar-refractivity contribution >= 4 is 35.5 Å². The first-order valence-electron chi connectivity index (χ1n) is 6.44. The SMILES string of the molecule is CC(C)CCCCCC(=O)Oc1ccccc1.[Na]. The van der Waals surface area contributed by atoms with Crippen molar-refractivity contribution in [2.24, 2.45) is 5.92 Å². The number of carbonyl (C=O) groups is 1. The molecule has 0 heterocycles. The van der Waals surface area contributed by atoms with Crippen LogP contribution in [0.2, 0.25) is 0 Å². The van der Waals surface area contributed by atoms with E-state index in [1.165, 1.54) is 12.8 Å². The van der Waals surface area contributed by atoms with Crippen molar-refractivity contribution in [3.8, 4) is 5.75 Å². The number of benzene rings is 1. The number of hydrogen-bond acceptors (Lipinski definition) is 2. The second kappa shape index (κ2) is 10.6. The van der Waals surface area contributed by atoms with E-state index in [0.717, 1.165) is 18.8 Å². The molecule has 0 aliphatic rings. The predicted octanol–water partition coefficient (Wildman–Crippen LogP) is 3.82. The van der Waals surface area contributed by atoms with E-state index in [2.05, 4.69) is 13.8 Å². The maximum Gasteiger partial charge on any atom is 0.311 e. The summed E-state index contributed by atoms with van der Waals surface area (Å²) in [7, 11) is 0. The van der Waals surface area contributed by atoms with Gasteiger partial charge in [-0.1, -0.05) is 51.3 Å². The Kier molecular flexibility index (Phi) is 10.4. The number of para-hydroxylation sites is 1. The molecule has 1 aromatic carbocycles. The summed E-state index contributed by atoms with van der Waals surface area (Å²) >= 11 is 0. The number of unbranched alkanes of at least 4 members (excludes halogenated alkanes) is 2. The first-order valence-corrected chi connectivity index (χ1v) is 6.44. The van der Waals surface area contributed by atoms with Crippen molar-refractivity contribution < 1.29 is 9.53 Å². The molecule has 0 aromatic heterocycles. The fourth-order valence-electron chi connectivity index (χ4n) is 1.67. The molecular weight excluding hydrogens is 235 g/mol. The molecule has 3 heteroatoms. The Labute approximate surface area is 132 Å². The maximum atomic E-state index is 11.5. The number of rotatable bonds is 7. The summed E-state index contributed by atoms with van der Waals surface area (Å²) in [6, 6.07) is 9.24. The smallest absolute Gasteiger partial charge is 0.311 e. The van der Waals surface area contributed by atoms with Crippen LogP contribution < -0.4 is 4.74 Å². The molecule has 1 aromatic rings. The predicted molar refractivity (Wildman–Crippen MR) is 75.8 cm³/mol. The Hall–Kier alpha value is -0.310. The zero-order valence-electron chi connectivity index (χ0n) is 11.8. The minimum absolute atomic E-state index is 0. The Bertz CT molecular complexity index is 323. The van der Waals surface area contributed by atoms with Gasteiger partial charge < -0.3 is 4.74 Å². The van der Waals surface area contributed by atoms with Crippen LogP contribution in [-0.4, -0.2) is 35.5 Å². The maximum absolute atomic E-state index is 11.5. The number of carbonyl (C=O) groups excluding carboxylic acids is 1. The third-order valence-corrected chi connectivity index (χ3v) is 2.64.